The maximum Gasteiger partial charge on any atom is 0.406 e. The van der Waals surface area contributed by atoms with E-state index in [0.29, 0.717) is 43.9 Å². The van der Waals surface area contributed by atoms with Crippen LogP contribution >= 0.6 is 11.6 Å². The predicted molar refractivity (Wildman–Crippen MR) is 154 cm³/mol. The van der Waals surface area contributed by atoms with Crippen molar-refractivity contribution in [3.63, 3.8) is 0 Å². The van der Waals surface area contributed by atoms with E-state index in [1.54, 1.807) is 0 Å². The average molecular weight is 556 g/mol. The zero-order valence-electron chi connectivity index (χ0n) is 23.1. The van der Waals surface area contributed by atoms with E-state index in [9.17, 15) is 14.7 Å². The standard InChI is InChI=1S/C31H42ClN3O4/c1-21-7-3-8-22(17-21)18-26-27(10-4-11-28(26)32)31(38,14-6-15-34-30(37)39-2)24-9-5-16-35(20-24)29(36)23-12-13-25(33)19-23/h3-4,7-8,10-11,17,23-25,38H,5-6,9,12-16,18-20,33H2,1-2H3,(H,34,37)/t23-,24?,25-,31+/m1/s1. The fourth-order valence-corrected chi connectivity index (χ4v) is 6.66. The first-order valence-corrected chi connectivity index (χ1v) is 14.5. The van der Waals surface area contributed by atoms with Crippen LogP contribution in [0.5, 0.6) is 0 Å². The number of rotatable bonds is 9. The number of ether oxygens (including phenoxy) is 1. The molecule has 1 heterocycles. The van der Waals surface area contributed by atoms with Crippen LogP contribution in [0.1, 0.15) is 67.2 Å². The number of hydrogen-bond acceptors (Lipinski definition) is 5. The van der Waals surface area contributed by atoms with Crippen molar-refractivity contribution in [1.82, 2.24) is 10.2 Å². The van der Waals surface area contributed by atoms with Crippen LogP contribution in [-0.4, -0.2) is 54.8 Å². The van der Waals surface area contributed by atoms with E-state index in [0.717, 1.165) is 48.8 Å². The largest absolute Gasteiger partial charge is 0.453 e. The van der Waals surface area contributed by atoms with Crippen LogP contribution in [0.25, 0.3) is 0 Å². The van der Waals surface area contributed by atoms with Crippen LogP contribution in [0, 0.1) is 18.8 Å². The smallest absolute Gasteiger partial charge is 0.406 e. The number of piperidine rings is 1. The Morgan fingerprint density at radius 2 is 2.00 bits per heavy atom. The Bertz CT molecular complexity index is 1160. The molecule has 39 heavy (non-hydrogen) atoms. The molecule has 8 heteroatoms. The van der Waals surface area contributed by atoms with Gasteiger partial charge in [0.1, 0.15) is 0 Å². The summed E-state index contributed by atoms with van der Waals surface area (Å²) in [6, 6.07) is 14.1. The predicted octanol–water partition coefficient (Wildman–Crippen LogP) is 4.93. The van der Waals surface area contributed by atoms with Crippen molar-refractivity contribution in [2.45, 2.75) is 69.9 Å². The molecule has 7 nitrogen and oxygen atoms in total. The van der Waals surface area contributed by atoms with Gasteiger partial charge in [0.2, 0.25) is 5.91 Å². The highest BCUT2D eigenvalue weighted by Gasteiger charge is 2.43. The molecule has 1 saturated carbocycles. The first-order chi connectivity index (χ1) is 18.7. The number of nitrogens with zero attached hydrogens (tertiary/aromatic N) is 1. The Morgan fingerprint density at radius 3 is 2.72 bits per heavy atom. The number of likely N-dealkylation sites (tertiary alicyclic amines) is 1. The van der Waals surface area contributed by atoms with E-state index in [-0.39, 0.29) is 23.8 Å². The number of benzene rings is 2. The maximum absolute atomic E-state index is 13.4. The SMILES string of the molecule is COC(=O)NCCC[C@@](O)(c1cccc(Cl)c1Cc1cccc(C)c1)C1CCCN(C(=O)[C@@H]2CC[C@@H](N)C2)C1. The van der Waals surface area contributed by atoms with Crippen LogP contribution in [0.3, 0.4) is 0 Å². The van der Waals surface area contributed by atoms with Crippen LogP contribution < -0.4 is 11.1 Å². The molecule has 4 N–H and O–H groups in total. The molecule has 2 aliphatic rings. The number of methoxy groups -OCH3 is 1. The third kappa shape index (κ3) is 7.13. The molecule has 4 atom stereocenters. The van der Waals surface area contributed by atoms with Gasteiger partial charge in [0.05, 0.1) is 12.7 Å². The fraction of sp³-hybridized carbons (Fsp3) is 0.548. The Balaban J connectivity index is 1.64. The van der Waals surface area contributed by atoms with E-state index in [1.807, 2.05) is 29.2 Å². The van der Waals surface area contributed by atoms with Gasteiger partial charge >= 0.3 is 6.09 Å². The van der Waals surface area contributed by atoms with Gasteiger partial charge in [-0.1, -0.05) is 53.6 Å². The average Bonchev–Trinajstić information content (AvgIpc) is 3.37. The fourth-order valence-electron chi connectivity index (χ4n) is 6.42. The lowest BCUT2D eigenvalue weighted by molar-refractivity contribution is -0.141. The summed E-state index contributed by atoms with van der Waals surface area (Å²) in [6.45, 7) is 3.62. The van der Waals surface area contributed by atoms with Crippen molar-refractivity contribution in [2.24, 2.45) is 17.6 Å². The Labute approximate surface area is 237 Å². The lowest BCUT2D eigenvalue weighted by atomic mass is 9.72. The number of alkyl carbamates (subject to hydrolysis) is 1. The Hall–Kier alpha value is -2.61. The molecule has 0 aromatic heterocycles. The minimum atomic E-state index is -1.23. The summed E-state index contributed by atoms with van der Waals surface area (Å²) in [5.41, 5.74) is 8.87. The van der Waals surface area contributed by atoms with Crippen LogP contribution in [-0.2, 0) is 21.6 Å². The van der Waals surface area contributed by atoms with Gasteiger partial charge in [0, 0.05) is 42.5 Å². The number of halogens is 1. The second kappa shape index (κ2) is 13.2. The molecular weight excluding hydrogens is 514 g/mol. The van der Waals surface area contributed by atoms with Crippen LogP contribution in [0.15, 0.2) is 42.5 Å². The zero-order chi connectivity index (χ0) is 28.0. The highest BCUT2D eigenvalue weighted by atomic mass is 35.5. The summed E-state index contributed by atoms with van der Waals surface area (Å²) >= 11 is 6.80. The zero-order valence-corrected chi connectivity index (χ0v) is 23.9. The van der Waals surface area contributed by atoms with Gasteiger partial charge in [-0.15, -0.1) is 0 Å². The van der Waals surface area contributed by atoms with Crippen molar-refractivity contribution in [2.75, 3.05) is 26.7 Å². The quantitative estimate of drug-likeness (QED) is 0.381. The van der Waals surface area contributed by atoms with E-state index in [2.05, 4.69) is 30.4 Å². The first-order valence-electron chi connectivity index (χ1n) is 14.1. The molecule has 1 saturated heterocycles. The molecule has 1 aliphatic heterocycles. The van der Waals surface area contributed by atoms with Crippen LogP contribution in [0.4, 0.5) is 4.79 Å². The molecule has 1 aliphatic carbocycles. The highest BCUT2D eigenvalue weighted by molar-refractivity contribution is 6.31. The number of nitrogens with one attached hydrogen (secondary N) is 1. The number of amides is 2. The van der Waals surface area contributed by atoms with Gasteiger partial charge in [-0.3, -0.25) is 4.79 Å². The minimum Gasteiger partial charge on any atom is -0.453 e. The van der Waals surface area contributed by atoms with E-state index in [4.69, 9.17) is 22.1 Å². The van der Waals surface area contributed by atoms with Gasteiger partial charge in [-0.2, -0.15) is 0 Å². The normalized spacial score (nSPS) is 22.8. The van der Waals surface area contributed by atoms with Gasteiger partial charge in [0.25, 0.3) is 0 Å². The van der Waals surface area contributed by atoms with E-state index >= 15 is 0 Å². The van der Waals surface area contributed by atoms with Gasteiger partial charge < -0.3 is 25.8 Å². The number of carbonyl (C=O) groups is 2. The molecule has 2 amide bonds. The summed E-state index contributed by atoms with van der Waals surface area (Å²) < 4.78 is 4.71. The number of hydrogen-bond donors (Lipinski definition) is 3. The van der Waals surface area contributed by atoms with Crippen molar-refractivity contribution in [1.29, 1.82) is 0 Å². The Morgan fingerprint density at radius 1 is 1.21 bits per heavy atom. The van der Waals surface area contributed by atoms with E-state index in [1.165, 1.54) is 12.7 Å². The second-order valence-corrected chi connectivity index (χ2v) is 11.7. The third-order valence-electron chi connectivity index (χ3n) is 8.47. The van der Waals surface area contributed by atoms with Crippen molar-refractivity contribution in [3.05, 3.63) is 69.7 Å². The number of aliphatic hydroxyl groups is 1. The molecule has 0 spiro atoms. The molecule has 0 radical (unpaired) electrons. The number of nitrogens with two attached hydrogens (primary N) is 1. The number of carbonyl (C=O) groups excluding carboxylic acids is 2. The van der Waals surface area contributed by atoms with Crippen molar-refractivity contribution < 1.29 is 19.4 Å². The van der Waals surface area contributed by atoms with Crippen LogP contribution in [0.2, 0.25) is 5.02 Å². The Kier molecular flexibility index (Phi) is 9.91. The summed E-state index contributed by atoms with van der Waals surface area (Å²) in [7, 11) is 1.33. The van der Waals surface area contributed by atoms with E-state index < -0.39 is 11.7 Å². The molecule has 2 aromatic carbocycles. The number of aryl methyl sites for hydroxylation is 1. The second-order valence-electron chi connectivity index (χ2n) is 11.3. The van der Waals surface area contributed by atoms with Crippen molar-refractivity contribution in [3.8, 4) is 0 Å². The lowest BCUT2D eigenvalue weighted by Crippen LogP contribution is -2.50. The molecular formula is C31H42ClN3O4. The van der Waals surface area contributed by atoms with Gasteiger partial charge in [-0.05, 0) is 81.0 Å². The summed E-state index contributed by atoms with van der Waals surface area (Å²) in [6.07, 6.45) is 5.13. The highest BCUT2D eigenvalue weighted by Crippen LogP contribution is 2.43. The lowest BCUT2D eigenvalue weighted by Gasteiger charge is -2.44. The molecule has 0 bridgehead atoms. The van der Waals surface area contributed by atoms with Gasteiger partial charge in [-0.25, -0.2) is 4.79 Å². The molecule has 212 valence electrons. The summed E-state index contributed by atoms with van der Waals surface area (Å²) in [4.78, 5) is 27.0. The molecule has 1 unspecified atom stereocenters. The third-order valence-corrected chi connectivity index (χ3v) is 8.82. The topological polar surface area (TPSA) is 105 Å². The van der Waals surface area contributed by atoms with Crippen molar-refractivity contribution >= 4 is 23.6 Å². The molecule has 2 fully saturated rings. The van der Waals surface area contributed by atoms with Gasteiger partial charge in [0.15, 0.2) is 0 Å². The first kappa shape index (κ1) is 29.4. The maximum atomic E-state index is 13.4. The summed E-state index contributed by atoms with van der Waals surface area (Å²) in [5.74, 6) is -0.0364. The minimum absolute atomic E-state index is 0.0286. The monoisotopic (exact) mass is 555 g/mol. The summed E-state index contributed by atoms with van der Waals surface area (Å²) in [5, 5.41) is 16.0. The molecule has 4 rings (SSSR count). The molecule has 2 aromatic rings.